The van der Waals surface area contributed by atoms with Gasteiger partial charge in [-0.25, -0.2) is 0 Å². The summed E-state index contributed by atoms with van der Waals surface area (Å²) in [7, 11) is 0. The van der Waals surface area contributed by atoms with Gasteiger partial charge in [0.05, 0.1) is 9.93 Å². The second kappa shape index (κ2) is 8.09. The smallest absolute Gasteiger partial charge is 0.286 e. The zero-order valence-corrected chi connectivity index (χ0v) is 14.7. The van der Waals surface area contributed by atoms with Gasteiger partial charge in [-0.1, -0.05) is 41.9 Å². The SMILES string of the molecule is NC1=NC(=O)C(=Cc2ccccc2OCCOc2ccccc2Cl)S1. The highest BCUT2D eigenvalue weighted by molar-refractivity contribution is 8.18. The molecule has 2 N–H and O–H groups in total. The fraction of sp³-hybridized carbons (Fsp3) is 0.111. The average molecular weight is 375 g/mol. The normalized spacial score (nSPS) is 15.3. The highest BCUT2D eigenvalue weighted by atomic mass is 35.5. The highest BCUT2D eigenvalue weighted by Crippen LogP contribution is 2.29. The first kappa shape index (κ1) is 17.4. The number of para-hydroxylation sites is 2. The Bertz CT molecular complexity index is 852. The van der Waals surface area contributed by atoms with Crippen molar-refractivity contribution in [1.82, 2.24) is 0 Å². The lowest BCUT2D eigenvalue weighted by atomic mass is 10.2. The van der Waals surface area contributed by atoms with Crippen LogP contribution in [0.1, 0.15) is 5.56 Å². The Morgan fingerprint density at radius 1 is 1.04 bits per heavy atom. The monoisotopic (exact) mass is 374 g/mol. The van der Waals surface area contributed by atoms with E-state index < -0.39 is 0 Å². The Morgan fingerprint density at radius 3 is 2.36 bits per heavy atom. The first-order chi connectivity index (χ1) is 12.1. The van der Waals surface area contributed by atoms with Gasteiger partial charge in [0, 0.05) is 5.56 Å². The summed E-state index contributed by atoms with van der Waals surface area (Å²) < 4.78 is 11.4. The maximum Gasteiger partial charge on any atom is 0.286 e. The molecular formula is C18H15ClN2O3S. The van der Waals surface area contributed by atoms with Crippen molar-refractivity contribution >= 4 is 40.5 Å². The molecule has 5 nitrogen and oxygen atoms in total. The predicted molar refractivity (Wildman–Crippen MR) is 101 cm³/mol. The quantitative estimate of drug-likeness (QED) is 0.616. The van der Waals surface area contributed by atoms with Crippen LogP contribution in [0.5, 0.6) is 11.5 Å². The minimum absolute atomic E-state index is 0.253. The lowest BCUT2D eigenvalue weighted by Gasteiger charge is -2.11. The van der Waals surface area contributed by atoms with Gasteiger partial charge in [-0.05, 0) is 36.0 Å². The van der Waals surface area contributed by atoms with E-state index in [2.05, 4.69) is 4.99 Å². The molecule has 0 bridgehead atoms. The first-order valence-corrected chi connectivity index (χ1v) is 8.70. The third-order valence-corrected chi connectivity index (χ3v) is 4.40. The molecular weight excluding hydrogens is 360 g/mol. The van der Waals surface area contributed by atoms with Crippen LogP contribution in [-0.2, 0) is 4.79 Å². The summed E-state index contributed by atoms with van der Waals surface area (Å²) >= 11 is 7.19. The summed E-state index contributed by atoms with van der Waals surface area (Å²) in [4.78, 5) is 15.9. The molecule has 0 saturated carbocycles. The number of nitrogens with two attached hydrogens (primary N) is 1. The molecule has 0 saturated heterocycles. The van der Waals surface area contributed by atoms with Crippen molar-refractivity contribution < 1.29 is 14.3 Å². The number of hydrogen-bond donors (Lipinski definition) is 1. The Balaban J connectivity index is 1.61. The number of benzene rings is 2. The van der Waals surface area contributed by atoms with Crippen LogP contribution < -0.4 is 15.2 Å². The number of hydrogen-bond acceptors (Lipinski definition) is 5. The van der Waals surface area contributed by atoms with E-state index in [1.165, 1.54) is 0 Å². The van der Waals surface area contributed by atoms with E-state index in [1.54, 1.807) is 18.2 Å². The standard InChI is InChI=1S/C18H15ClN2O3S/c19-13-6-2-4-8-15(13)24-10-9-23-14-7-3-1-5-12(14)11-16-17(22)21-18(20)25-16/h1-8,11H,9-10H2,(H2,20,21,22). The van der Waals surface area contributed by atoms with Gasteiger partial charge >= 0.3 is 0 Å². The molecule has 0 fully saturated rings. The largest absolute Gasteiger partial charge is 0.489 e. The van der Waals surface area contributed by atoms with Gasteiger partial charge in [-0.3, -0.25) is 4.79 Å². The number of ether oxygens (including phenoxy) is 2. The van der Waals surface area contributed by atoms with Crippen molar-refractivity contribution in [2.24, 2.45) is 10.7 Å². The van der Waals surface area contributed by atoms with E-state index in [0.717, 1.165) is 17.3 Å². The van der Waals surface area contributed by atoms with Gasteiger partial charge in [0.1, 0.15) is 24.7 Å². The molecule has 3 rings (SSSR count). The van der Waals surface area contributed by atoms with Crippen LogP contribution in [0.2, 0.25) is 5.02 Å². The summed E-state index contributed by atoms with van der Waals surface area (Å²) in [6, 6.07) is 14.7. The lowest BCUT2D eigenvalue weighted by molar-refractivity contribution is -0.113. The van der Waals surface area contributed by atoms with E-state index >= 15 is 0 Å². The third-order valence-electron chi connectivity index (χ3n) is 3.28. The first-order valence-electron chi connectivity index (χ1n) is 7.50. The van der Waals surface area contributed by atoms with Gasteiger partial charge in [-0.15, -0.1) is 0 Å². The van der Waals surface area contributed by atoms with Gasteiger partial charge in [0.15, 0.2) is 5.17 Å². The molecule has 0 spiro atoms. The highest BCUT2D eigenvalue weighted by Gasteiger charge is 2.20. The predicted octanol–water partition coefficient (Wildman–Crippen LogP) is 3.73. The Hall–Kier alpha value is -2.44. The number of thioether (sulfide) groups is 1. The van der Waals surface area contributed by atoms with Crippen LogP contribution in [0.3, 0.4) is 0 Å². The zero-order valence-electron chi connectivity index (χ0n) is 13.1. The van der Waals surface area contributed by atoms with Gasteiger partial charge in [0.2, 0.25) is 0 Å². The number of amides is 1. The van der Waals surface area contributed by atoms with Gasteiger partial charge < -0.3 is 15.2 Å². The molecule has 1 aliphatic heterocycles. The topological polar surface area (TPSA) is 73.9 Å². The van der Waals surface area contributed by atoms with E-state index in [-0.39, 0.29) is 11.1 Å². The minimum atomic E-state index is -0.334. The summed E-state index contributed by atoms with van der Waals surface area (Å²) in [6.45, 7) is 0.684. The molecule has 0 radical (unpaired) electrons. The zero-order chi connectivity index (χ0) is 17.6. The summed E-state index contributed by atoms with van der Waals surface area (Å²) in [5, 5.41) is 0.810. The Morgan fingerprint density at radius 2 is 1.68 bits per heavy atom. The van der Waals surface area contributed by atoms with Crippen molar-refractivity contribution in [3.63, 3.8) is 0 Å². The van der Waals surface area contributed by atoms with Crippen LogP contribution >= 0.6 is 23.4 Å². The van der Waals surface area contributed by atoms with E-state index in [1.807, 2.05) is 36.4 Å². The molecule has 0 unspecified atom stereocenters. The third kappa shape index (κ3) is 4.55. The van der Waals surface area contributed by atoms with Gasteiger partial charge in [0.25, 0.3) is 5.91 Å². The molecule has 0 atom stereocenters. The lowest BCUT2D eigenvalue weighted by Crippen LogP contribution is -2.09. The van der Waals surface area contributed by atoms with E-state index in [0.29, 0.717) is 34.6 Å². The molecule has 1 amide bonds. The van der Waals surface area contributed by atoms with Crippen LogP contribution in [0.4, 0.5) is 0 Å². The maximum atomic E-state index is 11.7. The molecule has 7 heteroatoms. The van der Waals surface area contributed by atoms with Crippen LogP contribution in [-0.4, -0.2) is 24.3 Å². The Kier molecular flexibility index (Phi) is 5.63. The van der Waals surface area contributed by atoms with Crippen molar-refractivity contribution in [3.8, 4) is 11.5 Å². The second-order valence-electron chi connectivity index (χ2n) is 5.03. The molecule has 2 aromatic carbocycles. The summed E-state index contributed by atoms with van der Waals surface area (Å²) in [6.07, 6.45) is 1.72. The molecule has 2 aromatic rings. The molecule has 128 valence electrons. The molecule has 0 aliphatic carbocycles. The average Bonchev–Trinajstić information content (AvgIpc) is 2.92. The molecule has 0 aromatic heterocycles. The number of carbonyl (C=O) groups excluding carboxylic acids is 1. The summed E-state index contributed by atoms with van der Waals surface area (Å²) in [5.41, 5.74) is 6.34. The second-order valence-corrected chi connectivity index (χ2v) is 6.50. The molecule has 1 heterocycles. The number of nitrogens with zero attached hydrogens (tertiary/aromatic N) is 1. The number of amidine groups is 1. The molecule has 1 aliphatic rings. The minimum Gasteiger partial charge on any atom is -0.489 e. The van der Waals surface area contributed by atoms with Crippen LogP contribution in [0.15, 0.2) is 58.4 Å². The van der Waals surface area contributed by atoms with E-state index in [4.69, 9.17) is 26.8 Å². The van der Waals surface area contributed by atoms with E-state index in [9.17, 15) is 4.79 Å². The van der Waals surface area contributed by atoms with Crippen molar-refractivity contribution in [1.29, 1.82) is 0 Å². The fourth-order valence-corrected chi connectivity index (χ4v) is 3.03. The molecule has 25 heavy (non-hydrogen) atoms. The van der Waals surface area contributed by atoms with Crippen molar-refractivity contribution in [3.05, 3.63) is 64.0 Å². The number of carbonyl (C=O) groups is 1. The number of aliphatic imine (C=N–C) groups is 1. The van der Waals surface area contributed by atoms with Crippen molar-refractivity contribution in [2.75, 3.05) is 13.2 Å². The maximum absolute atomic E-state index is 11.7. The fourth-order valence-electron chi connectivity index (χ4n) is 2.16. The number of rotatable bonds is 6. The van der Waals surface area contributed by atoms with Crippen LogP contribution in [0.25, 0.3) is 6.08 Å². The van der Waals surface area contributed by atoms with Crippen molar-refractivity contribution in [2.45, 2.75) is 0 Å². The Labute approximate surface area is 154 Å². The number of halogens is 1. The van der Waals surface area contributed by atoms with Gasteiger partial charge in [-0.2, -0.15) is 4.99 Å². The van der Waals surface area contributed by atoms with Crippen LogP contribution in [0, 0.1) is 0 Å². The summed E-state index contributed by atoms with van der Waals surface area (Å²) in [5.74, 6) is 0.930.